The molecule has 0 aliphatic heterocycles. The van der Waals surface area contributed by atoms with Crippen LogP contribution in [0.4, 0.5) is 10.1 Å². The Kier molecular flexibility index (Phi) is 3.98. The van der Waals surface area contributed by atoms with E-state index in [2.05, 4.69) is 15.4 Å². The molecule has 1 N–H and O–H groups in total. The van der Waals surface area contributed by atoms with Crippen LogP contribution >= 0.6 is 11.8 Å². The molecule has 0 atom stereocenters. The highest BCUT2D eigenvalue weighted by Gasteiger charge is 2.00. The third-order valence-electron chi connectivity index (χ3n) is 2.18. The summed E-state index contributed by atoms with van der Waals surface area (Å²) in [5.41, 5.74) is 0.921. The Morgan fingerprint density at radius 2 is 2.12 bits per heavy atom. The zero-order chi connectivity index (χ0) is 12.1. The number of nitrogens with zero attached hydrogens (tertiary/aromatic N) is 3. The van der Waals surface area contributed by atoms with Crippen molar-refractivity contribution in [1.82, 2.24) is 14.8 Å². The predicted molar refractivity (Wildman–Crippen MR) is 66.6 cm³/mol. The van der Waals surface area contributed by atoms with Crippen molar-refractivity contribution in [1.29, 1.82) is 0 Å². The standard InChI is InChI=1S/C11H13FN4S/c1-16-11(14-8-15-16)17-7-6-13-10-4-2-9(12)3-5-10/h2-5,8,13H,6-7H2,1H3. The first-order valence-corrected chi connectivity index (χ1v) is 6.20. The molecule has 0 unspecified atom stereocenters. The molecule has 1 heterocycles. The number of benzene rings is 1. The molecule has 2 rings (SSSR count). The van der Waals surface area contributed by atoms with E-state index < -0.39 is 0 Å². The van der Waals surface area contributed by atoms with Gasteiger partial charge >= 0.3 is 0 Å². The molecule has 0 radical (unpaired) electrons. The quantitative estimate of drug-likeness (QED) is 0.654. The fourth-order valence-electron chi connectivity index (χ4n) is 1.32. The number of thioether (sulfide) groups is 1. The Balaban J connectivity index is 1.73. The predicted octanol–water partition coefficient (Wildman–Crippen LogP) is 2.16. The number of halogens is 1. The third-order valence-corrected chi connectivity index (χ3v) is 3.21. The van der Waals surface area contributed by atoms with E-state index in [-0.39, 0.29) is 5.82 Å². The van der Waals surface area contributed by atoms with Crippen molar-refractivity contribution in [3.63, 3.8) is 0 Å². The summed E-state index contributed by atoms with van der Waals surface area (Å²) in [7, 11) is 1.86. The van der Waals surface area contributed by atoms with E-state index in [1.54, 1.807) is 28.6 Å². The Hall–Kier alpha value is -1.56. The SMILES string of the molecule is Cn1ncnc1SCCNc1ccc(F)cc1. The minimum atomic E-state index is -0.219. The Morgan fingerprint density at radius 3 is 2.76 bits per heavy atom. The molecule has 90 valence electrons. The number of hydrogen-bond donors (Lipinski definition) is 1. The van der Waals surface area contributed by atoms with Gasteiger partial charge in [-0.3, -0.25) is 0 Å². The second kappa shape index (κ2) is 5.67. The number of nitrogens with one attached hydrogen (secondary N) is 1. The molecular weight excluding hydrogens is 239 g/mol. The normalized spacial score (nSPS) is 10.5. The highest BCUT2D eigenvalue weighted by atomic mass is 32.2. The first-order valence-electron chi connectivity index (χ1n) is 5.22. The van der Waals surface area contributed by atoms with Crippen LogP contribution in [0.5, 0.6) is 0 Å². The fraction of sp³-hybridized carbons (Fsp3) is 0.273. The molecule has 6 heteroatoms. The molecule has 0 aliphatic carbocycles. The van der Waals surface area contributed by atoms with Crippen LogP contribution in [0, 0.1) is 5.82 Å². The summed E-state index contributed by atoms with van der Waals surface area (Å²) in [6, 6.07) is 6.33. The fourth-order valence-corrected chi connectivity index (χ4v) is 2.06. The molecule has 17 heavy (non-hydrogen) atoms. The second-order valence-electron chi connectivity index (χ2n) is 3.45. The summed E-state index contributed by atoms with van der Waals surface area (Å²) in [6.45, 7) is 0.795. The van der Waals surface area contributed by atoms with Crippen molar-refractivity contribution < 1.29 is 4.39 Å². The minimum Gasteiger partial charge on any atom is -0.384 e. The van der Waals surface area contributed by atoms with E-state index >= 15 is 0 Å². The summed E-state index contributed by atoms with van der Waals surface area (Å²) < 4.78 is 14.4. The molecule has 0 aliphatic rings. The van der Waals surface area contributed by atoms with Gasteiger partial charge in [0.15, 0.2) is 5.16 Å². The van der Waals surface area contributed by atoms with Crippen LogP contribution in [0.25, 0.3) is 0 Å². The molecule has 0 spiro atoms. The lowest BCUT2D eigenvalue weighted by atomic mass is 10.3. The monoisotopic (exact) mass is 252 g/mol. The number of aryl methyl sites for hydroxylation is 1. The molecule has 4 nitrogen and oxygen atoms in total. The first kappa shape index (κ1) is 11.9. The van der Waals surface area contributed by atoms with Gasteiger partial charge in [0.05, 0.1) is 0 Å². The molecule has 1 aromatic carbocycles. The summed E-state index contributed by atoms with van der Waals surface area (Å²) >= 11 is 1.63. The average molecular weight is 252 g/mol. The van der Waals surface area contributed by atoms with Gasteiger partial charge < -0.3 is 5.32 Å². The highest BCUT2D eigenvalue weighted by molar-refractivity contribution is 7.99. The van der Waals surface area contributed by atoms with Crippen molar-refractivity contribution in [2.45, 2.75) is 5.16 Å². The maximum Gasteiger partial charge on any atom is 0.185 e. The largest absolute Gasteiger partial charge is 0.384 e. The zero-order valence-corrected chi connectivity index (χ0v) is 10.2. The second-order valence-corrected chi connectivity index (χ2v) is 4.51. The summed E-state index contributed by atoms with van der Waals surface area (Å²) in [4.78, 5) is 4.11. The van der Waals surface area contributed by atoms with Gasteiger partial charge in [0.25, 0.3) is 0 Å². The van der Waals surface area contributed by atoms with Crippen LogP contribution in [-0.4, -0.2) is 27.1 Å². The molecule has 2 aromatic rings. The van der Waals surface area contributed by atoms with Crippen LogP contribution < -0.4 is 5.32 Å². The van der Waals surface area contributed by atoms with E-state index in [0.717, 1.165) is 23.1 Å². The van der Waals surface area contributed by atoms with Crippen molar-refractivity contribution in [2.24, 2.45) is 7.05 Å². The Morgan fingerprint density at radius 1 is 1.35 bits per heavy atom. The van der Waals surface area contributed by atoms with Gasteiger partial charge in [0.2, 0.25) is 0 Å². The van der Waals surface area contributed by atoms with Crippen molar-refractivity contribution in [3.8, 4) is 0 Å². The smallest absolute Gasteiger partial charge is 0.185 e. The van der Waals surface area contributed by atoms with Gasteiger partial charge in [-0.1, -0.05) is 11.8 Å². The molecule has 0 amide bonds. The van der Waals surface area contributed by atoms with Gasteiger partial charge in [-0.05, 0) is 24.3 Å². The van der Waals surface area contributed by atoms with Crippen LogP contribution in [0.15, 0.2) is 35.7 Å². The molecular formula is C11H13FN4S. The summed E-state index contributed by atoms with van der Waals surface area (Å²) in [6.07, 6.45) is 1.54. The van der Waals surface area contributed by atoms with E-state index in [0.29, 0.717) is 0 Å². The Labute approximate surface area is 103 Å². The Bertz CT molecular complexity index is 469. The van der Waals surface area contributed by atoms with Gasteiger partial charge in [-0.2, -0.15) is 5.10 Å². The van der Waals surface area contributed by atoms with E-state index in [4.69, 9.17) is 0 Å². The maximum atomic E-state index is 12.7. The molecule has 1 aromatic heterocycles. The maximum absolute atomic E-state index is 12.7. The molecule has 0 saturated carbocycles. The molecule has 0 fully saturated rings. The minimum absolute atomic E-state index is 0.219. The van der Waals surface area contributed by atoms with Crippen LogP contribution in [0.1, 0.15) is 0 Å². The van der Waals surface area contributed by atoms with Crippen LogP contribution in [-0.2, 0) is 7.05 Å². The topological polar surface area (TPSA) is 42.7 Å². The van der Waals surface area contributed by atoms with Crippen molar-refractivity contribution in [2.75, 3.05) is 17.6 Å². The van der Waals surface area contributed by atoms with Gasteiger partial charge in [0.1, 0.15) is 12.1 Å². The number of anilines is 1. The molecule has 0 saturated heterocycles. The van der Waals surface area contributed by atoms with Gasteiger partial charge in [-0.25, -0.2) is 14.1 Å². The third kappa shape index (κ3) is 3.45. The van der Waals surface area contributed by atoms with Crippen LogP contribution in [0.3, 0.4) is 0 Å². The number of rotatable bonds is 5. The molecule has 0 bridgehead atoms. The lowest BCUT2D eigenvalue weighted by Crippen LogP contribution is -2.05. The average Bonchev–Trinajstić information content (AvgIpc) is 2.73. The van der Waals surface area contributed by atoms with Crippen molar-refractivity contribution >= 4 is 17.4 Å². The zero-order valence-electron chi connectivity index (χ0n) is 9.43. The van der Waals surface area contributed by atoms with E-state index in [1.807, 2.05) is 7.05 Å². The van der Waals surface area contributed by atoms with Gasteiger partial charge in [0, 0.05) is 25.0 Å². The number of aromatic nitrogens is 3. The van der Waals surface area contributed by atoms with Crippen LogP contribution in [0.2, 0.25) is 0 Å². The summed E-state index contributed by atoms with van der Waals surface area (Å²) in [5, 5.41) is 8.09. The van der Waals surface area contributed by atoms with Gasteiger partial charge in [-0.15, -0.1) is 0 Å². The van der Waals surface area contributed by atoms with Crippen molar-refractivity contribution in [3.05, 3.63) is 36.4 Å². The summed E-state index contributed by atoms with van der Waals surface area (Å²) in [5.74, 6) is 0.660. The lowest BCUT2D eigenvalue weighted by molar-refractivity contribution is 0.628. The van der Waals surface area contributed by atoms with E-state index in [1.165, 1.54) is 18.5 Å². The first-order chi connectivity index (χ1) is 8.25. The number of hydrogen-bond acceptors (Lipinski definition) is 4. The van der Waals surface area contributed by atoms with E-state index in [9.17, 15) is 4.39 Å². The highest BCUT2D eigenvalue weighted by Crippen LogP contribution is 2.13. The lowest BCUT2D eigenvalue weighted by Gasteiger charge is -2.05.